The van der Waals surface area contributed by atoms with E-state index >= 15 is 0 Å². The number of aromatic nitrogens is 3. The van der Waals surface area contributed by atoms with Crippen molar-refractivity contribution >= 4 is 40.9 Å². The zero-order chi connectivity index (χ0) is 24.2. The third kappa shape index (κ3) is 5.81. The van der Waals surface area contributed by atoms with E-state index in [-0.39, 0.29) is 23.7 Å². The van der Waals surface area contributed by atoms with Gasteiger partial charge in [-0.05, 0) is 56.2 Å². The van der Waals surface area contributed by atoms with Crippen LogP contribution < -0.4 is 15.1 Å². The van der Waals surface area contributed by atoms with Gasteiger partial charge < -0.3 is 19.9 Å². The molecular formula is C25H34N6O3S. The Kier molecular flexibility index (Phi) is 7.57. The zero-order valence-corrected chi connectivity index (χ0v) is 21.1. The second-order valence-corrected chi connectivity index (χ2v) is 10.7. The minimum atomic E-state index is -0.111. The Morgan fingerprint density at radius 2 is 2.03 bits per heavy atom. The summed E-state index contributed by atoms with van der Waals surface area (Å²) >= 11 is 1.40. The summed E-state index contributed by atoms with van der Waals surface area (Å²) < 4.78 is 8.04. The molecule has 1 N–H and O–H groups in total. The molecule has 188 valence electrons. The van der Waals surface area contributed by atoms with Gasteiger partial charge in [0.05, 0.1) is 18.4 Å². The minimum absolute atomic E-state index is 0.111. The maximum atomic E-state index is 12.8. The molecule has 3 aliphatic heterocycles. The lowest BCUT2D eigenvalue weighted by Crippen LogP contribution is -2.35. The van der Waals surface area contributed by atoms with Crippen LogP contribution in [0, 0.1) is 5.92 Å². The van der Waals surface area contributed by atoms with Crippen LogP contribution in [0.5, 0.6) is 0 Å². The molecule has 1 atom stereocenters. The lowest BCUT2D eigenvalue weighted by Gasteiger charge is -2.31. The van der Waals surface area contributed by atoms with E-state index < -0.39 is 0 Å². The molecule has 10 heteroatoms. The summed E-state index contributed by atoms with van der Waals surface area (Å²) in [6, 6.07) is 7.49. The largest absolute Gasteiger partial charge is 0.376 e. The van der Waals surface area contributed by atoms with Gasteiger partial charge in [0.25, 0.3) is 0 Å². The fourth-order valence-corrected chi connectivity index (χ4v) is 5.72. The van der Waals surface area contributed by atoms with Gasteiger partial charge in [-0.3, -0.25) is 14.2 Å². The molecule has 0 aliphatic carbocycles. The fraction of sp³-hybridized carbons (Fsp3) is 0.600. The average molecular weight is 499 g/mol. The van der Waals surface area contributed by atoms with Gasteiger partial charge in [0, 0.05) is 44.0 Å². The maximum Gasteiger partial charge on any atom is 0.234 e. The van der Waals surface area contributed by atoms with Crippen LogP contribution in [0.25, 0.3) is 0 Å². The summed E-state index contributed by atoms with van der Waals surface area (Å²) in [6.45, 7) is 6.50. The highest BCUT2D eigenvalue weighted by Crippen LogP contribution is 2.29. The number of carbonyl (C=O) groups excluding carboxylic acids is 2. The molecule has 3 fully saturated rings. The van der Waals surface area contributed by atoms with Gasteiger partial charge in [-0.2, -0.15) is 0 Å². The number of piperidine rings is 1. The van der Waals surface area contributed by atoms with Crippen molar-refractivity contribution in [2.45, 2.75) is 63.3 Å². The quantitative estimate of drug-likeness (QED) is 0.557. The van der Waals surface area contributed by atoms with Crippen molar-refractivity contribution in [2.24, 2.45) is 5.92 Å². The van der Waals surface area contributed by atoms with E-state index in [0.717, 1.165) is 81.1 Å². The van der Waals surface area contributed by atoms with Crippen molar-refractivity contribution < 1.29 is 14.3 Å². The number of rotatable bonds is 8. The maximum absolute atomic E-state index is 12.8. The number of thioether (sulfide) groups is 1. The Morgan fingerprint density at radius 1 is 1.17 bits per heavy atom. The highest BCUT2D eigenvalue weighted by molar-refractivity contribution is 7.99. The Morgan fingerprint density at radius 3 is 2.77 bits per heavy atom. The van der Waals surface area contributed by atoms with Crippen LogP contribution in [0.2, 0.25) is 0 Å². The van der Waals surface area contributed by atoms with E-state index in [1.807, 2.05) is 24.3 Å². The summed E-state index contributed by atoms with van der Waals surface area (Å²) in [5, 5.41) is 12.7. The predicted octanol–water partition coefficient (Wildman–Crippen LogP) is 3.55. The molecule has 2 aromatic rings. The van der Waals surface area contributed by atoms with E-state index in [2.05, 4.69) is 31.9 Å². The molecule has 1 aromatic carbocycles. The molecule has 0 bridgehead atoms. The van der Waals surface area contributed by atoms with Gasteiger partial charge in [0.15, 0.2) is 5.16 Å². The van der Waals surface area contributed by atoms with Crippen LogP contribution in [-0.4, -0.2) is 64.7 Å². The predicted molar refractivity (Wildman–Crippen MR) is 137 cm³/mol. The van der Waals surface area contributed by atoms with Gasteiger partial charge in [0.1, 0.15) is 0 Å². The van der Waals surface area contributed by atoms with Crippen LogP contribution in [0.3, 0.4) is 0 Å². The van der Waals surface area contributed by atoms with Gasteiger partial charge in [-0.1, -0.05) is 24.8 Å². The molecule has 3 aliphatic rings. The zero-order valence-electron chi connectivity index (χ0n) is 20.3. The van der Waals surface area contributed by atoms with Crippen molar-refractivity contribution in [2.75, 3.05) is 47.1 Å². The monoisotopic (exact) mass is 498 g/mol. The molecule has 0 radical (unpaired) electrons. The molecule has 1 aromatic heterocycles. The molecular weight excluding hydrogens is 464 g/mol. The normalized spacial score (nSPS) is 21.2. The molecule has 0 spiro atoms. The number of nitrogens with zero attached hydrogens (tertiary/aromatic N) is 5. The molecule has 4 heterocycles. The van der Waals surface area contributed by atoms with Crippen molar-refractivity contribution in [3.8, 4) is 0 Å². The summed E-state index contributed by atoms with van der Waals surface area (Å²) in [7, 11) is 0. The summed E-state index contributed by atoms with van der Waals surface area (Å²) in [6.07, 6.45) is 6.04. The molecule has 3 saturated heterocycles. The molecule has 0 saturated carbocycles. The Hall–Kier alpha value is -2.59. The van der Waals surface area contributed by atoms with Crippen LogP contribution in [-0.2, 0) is 20.9 Å². The third-order valence-corrected chi connectivity index (χ3v) is 7.99. The number of amides is 2. The molecule has 35 heavy (non-hydrogen) atoms. The standard InChI is InChI=1S/C25H34N6O3S/c1-18-9-12-29(13-10-18)24-27-28-25(31(24)16-21-7-4-14-34-21)35-17-22(32)26-19-5-2-6-20(15-19)30-11-3-8-23(30)33/h2,5-6,15,18,21H,3-4,7-14,16-17H2,1H3,(H,26,32). The Labute approximate surface area is 210 Å². The molecule has 9 nitrogen and oxygen atoms in total. The number of carbonyl (C=O) groups is 2. The Balaban J connectivity index is 1.24. The lowest BCUT2D eigenvalue weighted by atomic mass is 10.00. The number of hydrogen-bond donors (Lipinski definition) is 1. The first kappa shape index (κ1) is 24.1. The number of ether oxygens (including phenoxy) is 1. The molecule has 1 unspecified atom stereocenters. The number of benzene rings is 1. The summed E-state index contributed by atoms with van der Waals surface area (Å²) in [5.41, 5.74) is 1.52. The first-order chi connectivity index (χ1) is 17.1. The lowest BCUT2D eigenvalue weighted by molar-refractivity contribution is -0.117. The van der Waals surface area contributed by atoms with Crippen LogP contribution in [0.15, 0.2) is 29.4 Å². The van der Waals surface area contributed by atoms with Gasteiger partial charge in [-0.15, -0.1) is 10.2 Å². The van der Waals surface area contributed by atoms with Gasteiger partial charge in [0.2, 0.25) is 17.8 Å². The van der Waals surface area contributed by atoms with Crippen LogP contribution in [0.4, 0.5) is 17.3 Å². The first-order valence-corrected chi connectivity index (χ1v) is 13.7. The van der Waals surface area contributed by atoms with Crippen LogP contribution >= 0.6 is 11.8 Å². The van der Waals surface area contributed by atoms with Gasteiger partial charge in [-0.25, -0.2) is 0 Å². The van der Waals surface area contributed by atoms with Crippen molar-refractivity contribution in [3.05, 3.63) is 24.3 Å². The van der Waals surface area contributed by atoms with E-state index in [9.17, 15) is 9.59 Å². The topological polar surface area (TPSA) is 92.6 Å². The van der Waals surface area contributed by atoms with E-state index in [0.29, 0.717) is 18.7 Å². The molecule has 2 amide bonds. The smallest absolute Gasteiger partial charge is 0.234 e. The third-order valence-electron chi connectivity index (χ3n) is 7.02. The second kappa shape index (κ2) is 11.0. The second-order valence-electron chi connectivity index (χ2n) is 9.73. The SMILES string of the molecule is CC1CCN(c2nnc(SCC(=O)Nc3cccc(N4CCCC4=O)c3)n2CC2CCCO2)CC1. The summed E-state index contributed by atoms with van der Waals surface area (Å²) in [5.74, 6) is 1.88. The average Bonchev–Trinajstić information content (AvgIpc) is 3.61. The van der Waals surface area contributed by atoms with Crippen molar-refractivity contribution in [1.82, 2.24) is 14.8 Å². The highest BCUT2D eigenvalue weighted by atomic mass is 32.2. The van der Waals surface area contributed by atoms with E-state index in [1.165, 1.54) is 11.8 Å². The Bertz CT molecular complexity index is 1050. The van der Waals surface area contributed by atoms with E-state index in [1.54, 1.807) is 4.90 Å². The van der Waals surface area contributed by atoms with Crippen molar-refractivity contribution in [1.29, 1.82) is 0 Å². The summed E-state index contributed by atoms with van der Waals surface area (Å²) in [4.78, 5) is 28.9. The molecule has 5 rings (SSSR count). The van der Waals surface area contributed by atoms with E-state index in [4.69, 9.17) is 4.74 Å². The van der Waals surface area contributed by atoms with Crippen molar-refractivity contribution in [3.63, 3.8) is 0 Å². The van der Waals surface area contributed by atoms with Gasteiger partial charge >= 0.3 is 0 Å². The van der Waals surface area contributed by atoms with Crippen LogP contribution in [0.1, 0.15) is 45.4 Å². The first-order valence-electron chi connectivity index (χ1n) is 12.7. The number of hydrogen-bond acceptors (Lipinski definition) is 7. The number of nitrogens with one attached hydrogen (secondary N) is 1. The highest BCUT2D eigenvalue weighted by Gasteiger charge is 2.26. The minimum Gasteiger partial charge on any atom is -0.376 e. The number of anilines is 3. The fourth-order valence-electron chi connectivity index (χ4n) is 4.98.